The highest BCUT2D eigenvalue weighted by Crippen LogP contribution is 2.35. The van der Waals surface area contributed by atoms with E-state index in [-0.39, 0.29) is 17.7 Å². The van der Waals surface area contributed by atoms with Gasteiger partial charge in [0, 0.05) is 36.1 Å². The summed E-state index contributed by atoms with van der Waals surface area (Å²) in [5.74, 6) is -0.282. The van der Waals surface area contributed by atoms with Crippen molar-refractivity contribution in [3.8, 4) is 0 Å². The van der Waals surface area contributed by atoms with Crippen LogP contribution >= 0.6 is 0 Å². The highest BCUT2D eigenvalue weighted by atomic mass is 32.2. The van der Waals surface area contributed by atoms with Crippen LogP contribution in [0.1, 0.15) is 44.0 Å². The van der Waals surface area contributed by atoms with Gasteiger partial charge in [-0.3, -0.25) is 19.7 Å². The molecule has 3 aromatic rings. The molecule has 178 valence electrons. The van der Waals surface area contributed by atoms with Crippen LogP contribution in [0.2, 0.25) is 0 Å². The van der Waals surface area contributed by atoms with E-state index in [1.165, 1.54) is 0 Å². The number of hydrogen-bond donors (Lipinski definition) is 2. The van der Waals surface area contributed by atoms with Crippen molar-refractivity contribution in [1.82, 2.24) is 15.3 Å². The fourth-order valence-corrected chi connectivity index (χ4v) is 4.55. The van der Waals surface area contributed by atoms with E-state index in [1.807, 2.05) is 24.3 Å². The van der Waals surface area contributed by atoms with Crippen LogP contribution < -0.4 is 14.9 Å². The zero-order valence-corrected chi connectivity index (χ0v) is 20.4. The fourth-order valence-electron chi connectivity index (χ4n) is 3.98. The average Bonchev–Trinajstić information content (AvgIpc) is 2.73. The zero-order chi connectivity index (χ0) is 24.7. The van der Waals surface area contributed by atoms with Crippen LogP contribution in [0.15, 0.2) is 42.7 Å². The number of carbonyl (C=O) groups excluding carboxylic acids is 2. The van der Waals surface area contributed by atoms with Gasteiger partial charge < -0.3 is 0 Å². The van der Waals surface area contributed by atoms with Crippen molar-refractivity contribution in [3.63, 3.8) is 0 Å². The number of fused-ring (bicyclic) bond motifs is 1. The molecular formula is C24H27N5O4S. The van der Waals surface area contributed by atoms with Gasteiger partial charge in [0.05, 0.1) is 17.5 Å². The van der Waals surface area contributed by atoms with Crippen molar-refractivity contribution in [2.75, 3.05) is 22.4 Å². The Hall–Kier alpha value is -3.53. The molecule has 1 aliphatic heterocycles. The fraction of sp³-hybridized carbons (Fsp3) is 0.333. The Labute approximate surface area is 198 Å². The first-order chi connectivity index (χ1) is 15.9. The Morgan fingerprint density at radius 1 is 1.09 bits per heavy atom. The number of carbonyl (C=O) groups is 2. The lowest BCUT2D eigenvalue weighted by Gasteiger charge is -2.29. The maximum Gasteiger partial charge on any atom is 0.328 e. The molecule has 0 unspecified atom stereocenters. The second-order valence-electron chi connectivity index (χ2n) is 9.46. The third-order valence-corrected chi connectivity index (χ3v) is 6.21. The summed E-state index contributed by atoms with van der Waals surface area (Å²) in [7, 11) is -3.35. The second-order valence-corrected chi connectivity index (χ2v) is 11.2. The molecule has 0 bridgehead atoms. The van der Waals surface area contributed by atoms with E-state index in [9.17, 15) is 18.0 Å². The number of anilines is 2. The number of nitrogens with zero attached hydrogens (tertiary/aromatic N) is 3. The highest BCUT2D eigenvalue weighted by molar-refractivity contribution is 7.92. The third kappa shape index (κ3) is 5.17. The first-order valence-electron chi connectivity index (χ1n) is 10.9. The molecule has 2 aromatic carbocycles. The van der Waals surface area contributed by atoms with Gasteiger partial charge in [0.15, 0.2) is 0 Å². The predicted molar refractivity (Wildman–Crippen MR) is 131 cm³/mol. The molecule has 2 heterocycles. The van der Waals surface area contributed by atoms with Crippen molar-refractivity contribution in [1.29, 1.82) is 0 Å². The molecule has 4 rings (SSSR count). The summed E-state index contributed by atoms with van der Waals surface area (Å²) in [6, 6.07) is 10.5. The van der Waals surface area contributed by atoms with Crippen LogP contribution in [0.4, 0.5) is 16.2 Å². The van der Waals surface area contributed by atoms with Crippen molar-refractivity contribution in [3.05, 3.63) is 59.5 Å². The van der Waals surface area contributed by atoms with E-state index < -0.39 is 16.1 Å². The maximum atomic E-state index is 12.5. The van der Waals surface area contributed by atoms with E-state index in [4.69, 9.17) is 0 Å². The number of nitrogens with one attached hydrogen (secondary N) is 2. The van der Waals surface area contributed by atoms with Gasteiger partial charge >= 0.3 is 6.03 Å². The monoisotopic (exact) mass is 481 g/mol. The molecule has 9 nitrogen and oxygen atoms in total. The smallest absolute Gasteiger partial charge is 0.294 e. The van der Waals surface area contributed by atoms with Crippen LogP contribution in [-0.2, 0) is 26.7 Å². The summed E-state index contributed by atoms with van der Waals surface area (Å²) < 4.78 is 25.4. The lowest BCUT2D eigenvalue weighted by Crippen LogP contribution is -2.49. The summed E-state index contributed by atoms with van der Waals surface area (Å²) in [5, 5.41) is 3.20. The van der Waals surface area contributed by atoms with Crippen molar-refractivity contribution >= 4 is 44.2 Å². The van der Waals surface area contributed by atoms with Gasteiger partial charge in [0.25, 0.3) is 0 Å². The molecule has 3 amide bonds. The van der Waals surface area contributed by atoms with E-state index in [0.29, 0.717) is 24.3 Å². The van der Waals surface area contributed by atoms with Crippen LogP contribution in [0.3, 0.4) is 0 Å². The molecule has 0 spiro atoms. The molecule has 34 heavy (non-hydrogen) atoms. The third-order valence-electron chi connectivity index (χ3n) is 5.61. The summed E-state index contributed by atoms with van der Waals surface area (Å²) in [6.45, 7) is 6.56. The van der Waals surface area contributed by atoms with E-state index in [1.54, 1.807) is 23.4 Å². The Bertz CT molecular complexity index is 1380. The Kier molecular flexibility index (Phi) is 6.03. The number of benzene rings is 2. The first kappa shape index (κ1) is 23.6. The van der Waals surface area contributed by atoms with Gasteiger partial charge in [-0.15, -0.1) is 0 Å². The van der Waals surface area contributed by atoms with E-state index >= 15 is 0 Å². The van der Waals surface area contributed by atoms with Crippen LogP contribution in [0.25, 0.3) is 10.9 Å². The quantitative estimate of drug-likeness (QED) is 0.577. The van der Waals surface area contributed by atoms with E-state index in [2.05, 4.69) is 40.8 Å². The molecule has 1 saturated heterocycles. The van der Waals surface area contributed by atoms with Crippen LogP contribution in [0, 0.1) is 0 Å². The van der Waals surface area contributed by atoms with Gasteiger partial charge in [-0.05, 0) is 40.8 Å². The molecule has 1 aliphatic rings. The van der Waals surface area contributed by atoms with Crippen molar-refractivity contribution in [2.45, 2.75) is 39.0 Å². The molecule has 0 radical (unpaired) electrons. The Morgan fingerprint density at radius 2 is 1.79 bits per heavy atom. The number of aromatic nitrogens is 2. The Morgan fingerprint density at radius 3 is 2.41 bits per heavy atom. The number of hydrogen-bond acceptors (Lipinski definition) is 6. The zero-order valence-electron chi connectivity index (χ0n) is 19.5. The summed E-state index contributed by atoms with van der Waals surface area (Å²) >= 11 is 0. The first-order valence-corrected chi connectivity index (χ1v) is 12.8. The summed E-state index contributed by atoms with van der Waals surface area (Å²) in [4.78, 5) is 34.8. The van der Waals surface area contributed by atoms with Gasteiger partial charge in [0.1, 0.15) is 6.33 Å². The molecule has 0 atom stereocenters. The van der Waals surface area contributed by atoms with E-state index in [0.717, 1.165) is 34.0 Å². The molecular weight excluding hydrogens is 454 g/mol. The Balaban J connectivity index is 1.77. The predicted octanol–water partition coefficient (Wildman–Crippen LogP) is 3.34. The number of rotatable bonds is 5. The minimum Gasteiger partial charge on any atom is -0.294 e. The molecule has 10 heteroatoms. The lowest BCUT2D eigenvalue weighted by molar-refractivity contribution is -0.120. The minimum absolute atomic E-state index is 0.237. The standard InChI is InChI=1S/C24H27N5O4S/c1-24(2,3)19-13-17(29-10-9-21(30)27-23(29)31)12-18-20(25-14-26-22(18)19)11-15-5-7-16(8-6-15)28-34(4,32)33/h5-8,12-14,28H,9-11H2,1-4H3,(H,27,30,31). The number of urea groups is 1. The van der Waals surface area contributed by atoms with Crippen LogP contribution in [0.5, 0.6) is 0 Å². The van der Waals surface area contributed by atoms with Crippen LogP contribution in [-0.4, -0.2) is 43.1 Å². The molecule has 0 aliphatic carbocycles. The highest BCUT2D eigenvalue weighted by Gasteiger charge is 2.27. The molecule has 1 fully saturated rings. The normalized spacial score (nSPS) is 14.9. The van der Waals surface area contributed by atoms with Gasteiger partial charge in [0.2, 0.25) is 15.9 Å². The van der Waals surface area contributed by atoms with Gasteiger partial charge in [-0.1, -0.05) is 32.9 Å². The molecule has 0 saturated carbocycles. The molecule has 2 N–H and O–H groups in total. The number of amides is 3. The largest absolute Gasteiger partial charge is 0.328 e. The number of imide groups is 1. The summed E-state index contributed by atoms with van der Waals surface area (Å²) in [5.41, 5.74) is 4.44. The van der Waals surface area contributed by atoms with Gasteiger partial charge in [-0.2, -0.15) is 0 Å². The average molecular weight is 482 g/mol. The summed E-state index contributed by atoms with van der Waals surface area (Å²) in [6.07, 6.45) is 3.38. The van der Waals surface area contributed by atoms with Crippen molar-refractivity contribution in [2.24, 2.45) is 0 Å². The second kappa shape index (κ2) is 8.68. The number of sulfonamides is 1. The lowest BCUT2D eigenvalue weighted by atomic mass is 9.84. The minimum atomic E-state index is -3.35. The van der Waals surface area contributed by atoms with Crippen molar-refractivity contribution < 1.29 is 18.0 Å². The maximum absolute atomic E-state index is 12.5. The SMILES string of the molecule is CC(C)(C)c1cc(N2CCC(=O)NC2=O)cc2c(Cc3ccc(NS(C)(=O)=O)cc3)ncnc12. The molecule has 1 aromatic heterocycles. The van der Waals surface area contributed by atoms with Gasteiger partial charge in [-0.25, -0.2) is 23.2 Å². The topological polar surface area (TPSA) is 121 Å².